The third-order valence-electron chi connectivity index (χ3n) is 2.55. The molecule has 1 rings (SSSR count). The Balaban J connectivity index is 2.94. The SMILES string of the molecule is CCC(=O)CC(NS(=O)(=O)c1ccc(Cl)cc1)C(=O)O. The molecule has 0 spiro atoms. The monoisotopic (exact) mass is 319 g/mol. The number of hydrogen-bond donors (Lipinski definition) is 2. The largest absolute Gasteiger partial charge is 0.480 e. The first-order chi connectivity index (χ1) is 9.26. The molecule has 0 fully saturated rings. The molecule has 2 N–H and O–H groups in total. The Morgan fingerprint density at radius 2 is 1.85 bits per heavy atom. The van der Waals surface area contributed by atoms with Gasteiger partial charge in [0, 0.05) is 17.9 Å². The fourth-order valence-corrected chi connectivity index (χ4v) is 2.74. The van der Waals surface area contributed by atoms with Crippen LogP contribution in [0.15, 0.2) is 29.2 Å². The molecule has 0 bridgehead atoms. The van der Waals surface area contributed by atoms with Gasteiger partial charge >= 0.3 is 5.97 Å². The van der Waals surface area contributed by atoms with Crippen LogP contribution in [0.25, 0.3) is 0 Å². The molecule has 110 valence electrons. The number of nitrogens with one attached hydrogen (secondary N) is 1. The van der Waals surface area contributed by atoms with E-state index in [1.165, 1.54) is 24.3 Å². The van der Waals surface area contributed by atoms with Crippen LogP contribution in [0.3, 0.4) is 0 Å². The van der Waals surface area contributed by atoms with E-state index in [-0.39, 0.29) is 17.1 Å². The molecular weight excluding hydrogens is 306 g/mol. The molecule has 0 saturated carbocycles. The molecule has 0 aliphatic rings. The van der Waals surface area contributed by atoms with Crippen molar-refractivity contribution in [2.24, 2.45) is 0 Å². The van der Waals surface area contributed by atoms with Crippen molar-refractivity contribution in [3.8, 4) is 0 Å². The van der Waals surface area contributed by atoms with E-state index in [2.05, 4.69) is 0 Å². The Kier molecular flexibility index (Phi) is 5.67. The van der Waals surface area contributed by atoms with E-state index in [1.54, 1.807) is 6.92 Å². The topological polar surface area (TPSA) is 101 Å². The van der Waals surface area contributed by atoms with Crippen LogP contribution in [0, 0.1) is 0 Å². The molecule has 0 aliphatic heterocycles. The summed E-state index contributed by atoms with van der Waals surface area (Å²) in [4.78, 5) is 22.2. The Bertz CT molecular complexity index is 597. The lowest BCUT2D eigenvalue weighted by molar-refractivity contribution is -0.140. The third-order valence-corrected chi connectivity index (χ3v) is 4.29. The molecule has 1 unspecified atom stereocenters. The molecule has 1 aromatic carbocycles. The van der Waals surface area contributed by atoms with Gasteiger partial charge < -0.3 is 5.11 Å². The van der Waals surface area contributed by atoms with Gasteiger partial charge in [0.15, 0.2) is 0 Å². The van der Waals surface area contributed by atoms with Gasteiger partial charge in [-0.05, 0) is 24.3 Å². The zero-order chi connectivity index (χ0) is 15.3. The van der Waals surface area contributed by atoms with Gasteiger partial charge in [0.05, 0.1) is 4.90 Å². The molecule has 1 aromatic rings. The number of Topliss-reactive ketones (excluding diaryl/α,β-unsaturated/α-hetero) is 1. The normalized spacial score (nSPS) is 12.9. The van der Waals surface area contributed by atoms with Crippen LogP contribution in [-0.4, -0.2) is 31.3 Å². The minimum atomic E-state index is -4.02. The summed E-state index contributed by atoms with van der Waals surface area (Å²) in [6.07, 6.45) is -0.245. The van der Waals surface area contributed by atoms with Crippen molar-refractivity contribution in [1.82, 2.24) is 4.72 Å². The van der Waals surface area contributed by atoms with Crippen molar-refractivity contribution in [1.29, 1.82) is 0 Å². The second-order valence-corrected chi connectivity index (χ2v) is 6.21. The van der Waals surface area contributed by atoms with E-state index < -0.39 is 28.5 Å². The fraction of sp³-hybridized carbons (Fsp3) is 0.333. The first-order valence-electron chi connectivity index (χ1n) is 5.78. The number of sulfonamides is 1. The summed E-state index contributed by atoms with van der Waals surface area (Å²) in [6, 6.07) is 3.78. The summed E-state index contributed by atoms with van der Waals surface area (Å²) in [5.41, 5.74) is 0. The van der Waals surface area contributed by atoms with Crippen LogP contribution in [0.5, 0.6) is 0 Å². The van der Waals surface area contributed by atoms with Crippen LogP contribution in [0.2, 0.25) is 5.02 Å². The minimum absolute atomic E-state index is 0.114. The fourth-order valence-electron chi connectivity index (χ4n) is 1.42. The Morgan fingerprint density at radius 3 is 2.30 bits per heavy atom. The van der Waals surface area contributed by atoms with Crippen LogP contribution >= 0.6 is 11.6 Å². The van der Waals surface area contributed by atoms with Gasteiger partial charge in [0.25, 0.3) is 0 Å². The Morgan fingerprint density at radius 1 is 1.30 bits per heavy atom. The molecule has 20 heavy (non-hydrogen) atoms. The summed E-state index contributed by atoms with van der Waals surface area (Å²) in [5.74, 6) is -1.74. The summed E-state index contributed by atoms with van der Waals surface area (Å²) in [5, 5.41) is 9.33. The number of carboxylic acid groups (broad SMARTS) is 1. The zero-order valence-electron chi connectivity index (χ0n) is 10.7. The molecule has 1 atom stereocenters. The summed E-state index contributed by atoms with van der Waals surface area (Å²) in [6.45, 7) is 1.58. The van der Waals surface area contributed by atoms with E-state index in [0.717, 1.165) is 0 Å². The molecule has 0 aromatic heterocycles. The molecule has 0 saturated heterocycles. The van der Waals surface area contributed by atoms with Crippen LogP contribution in [0.4, 0.5) is 0 Å². The highest BCUT2D eigenvalue weighted by Crippen LogP contribution is 2.14. The van der Waals surface area contributed by atoms with Crippen LogP contribution < -0.4 is 4.72 Å². The third kappa shape index (κ3) is 4.59. The van der Waals surface area contributed by atoms with Crippen LogP contribution in [-0.2, 0) is 19.6 Å². The molecule has 0 radical (unpaired) electrons. The van der Waals surface area contributed by atoms with E-state index in [0.29, 0.717) is 5.02 Å². The number of carbonyl (C=O) groups is 2. The molecule has 0 heterocycles. The smallest absolute Gasteiger partial charge is 0.322 e. The number of benzene rings is 1. The van der Waals surface area contributed by atoms with Crippen molar-refractivity contribution >= 4 is 33.4 Å². The number of halogens is 1. The zero-order valence-corrected chi connectivity index (χ0v) is 12.2. The van der Waals surface area contributed by atoms with Crippen molar-refractivity contribution in [2.75, 3.05) is 0 Å². The maximum absolute atomic E-state index is 12.0. The van der Waals surface area contributed by atoms with Gasteiger partial charge in [-0.1, -0.05) is 18.5 Å². The molecule has 6 nitrogen and oxygen atoms in total. The van der Waals surface area contributed by atoms with Crippen molar-refractivity contribution in [3.05, 3.63) is 29.3 Å². The number of carboxylic acids is 1. The Labute approximate surface area is 121 Å². The Hall–Kier alpha value is -1.44. The number of rotatable bonds is 7. The van der Waals surface area contributed by atoms with Gasteiger partial charge in [0.1, 0.15) is 11.8 Å². The number of aliphatic carboxylic acids is 1. The lowest BCUT2D eigenvalue weighted by atomic mass is 10.1. The van der Waals surface area contributed by atoms with Gasteiger partial charge in [-0.15, -0.1) is 0 Å². The number of ketones is 1. The highest BCUT2D eigenvalue weighted by atomic mass is 35.5. The lowest BCUT2D eigenvalue weighted by Gasteiger charge is -2.14. The average Bonchev–Trinajstić information content (AvgIpc) is 2.37. The van der Waals surface area contributed by atoms with Crippen molar-refractivity contribution < 1.29 is 23.1 Å². The second kappa shape index (κ2) is 6.83. The lowest BCUT2D eigenvalue weighted by Crippen LogP contribution is -2.42. The molecule has 0 aliphatic carbocycles. The highest BCUT2D eigenvalue weighted by Gasteiger charge is 2.27. The summed E-state index contributed by atoms with van der Waals surface area (Å²) in [7, 11) is -4.02. The summed E-state index contributed by atoms with van der Waals surface area (Å²) >= 11 is 5.65. The van der Waals surface area contributed by atoms with Gasteiger partial charge in [-0.3, -0.25) is 9.59 Å². The van der Waals surface area contributed by atoms with Gasteiger partial charge in [-0.2, -0.15) is 4.72 Å². The number of hydrogen-bond acceptors (Lipinski definition) is 4. The van der Waals surface area contributed by atoms with Gasteiger partial charge in [0.2, 0.25) is 10.0 Å². The van der Waals surface area contributed by atoms with E-state index in [1.807, 2.05) is 4.72 Å². The molecular formula is C12H14ClNO5S. The van der Waals surface area contributed by atoms with Crippen molar-refractivity contribution in [2.45, 2.75) is 30.7 Å². The maximum Gasteiger partial charge on any atom is 0.322 e. The first-order valence-corrected chi connectivity index (χ1v) is 7.64. The first kappa shape index (κ1) is 16.6. The van der Waals surface area contributed by atoms with E-state index >= 15 is 0 Å². The van der Waals surface area contributed by atoms with Crippen molar-refractivity contribution in [3.63, 3.8) is 0 Å². The molecule has 8 heteroatoms. The predicted molar refractivity (Wildman–Crippen MR) is 73.1 cm³/mol. The average molecular weight is 320 g/mol. The second-order valence-electron chi connectivity index (χ2n) is 4.06. The molecule has 0 amide bonds. The standard InChI is InChI=1S/C12H14ClNO5S/c1-2-9(15)7-11(12(16)17)14-20(18,19)10-5-3-8(13)4-6-10/h3-6,11,14H,2,7H2,1H3,(H,16,17). The van der Waals surface area contributed by atoms with Gasteiger partial charge in [-0.25, -0.2) is 8.42 Å². The van der Waals surface area contributed by atoms with Crippen LogP contribution in [0.1, 0.15) is 19.8 Å². The summed E-state index contributed by atoms with van der Waals surface area (Å²) < 4.78 is 26.0. The highest BCUT2D eigenvalue weighted by molar-refractivity contribution is 7.89. The van der Waals surface area contributed by atoms with E-state index in [9.17, 15) is 18.0 Å². The number of carbonyl (C=O) groups excluding carboxylic acids is 1. The maximum atomic E-state index is 12.0. The predicted octanol–water partition coefficient (Wildman–Crippen LogP) is 1.44. The minimum Gasteiger partial charge on any atom is -0.480 e. The van der Waals surface area contributed by atoms with E-state index in [4.69, 9.17) is 16.7 Å². The quantitative estimate of drug-likeness (QED) is 0.792.